The Morgan fingerprint density at radius 3 is 1.95 bits per heavy atom. The molecule has 0 aromatic heterocycles. The number of ether oxygens (including phenoxy) is 3. The van der Waals surface area contributed by atoms with Crippen LogP contribution in [0, 0.1) is 0 Å². The van der Waals surface area contributed by atoms with Gasteiger partial charge in [-0.3, -0.25) is 0 Å². The Morgan fingerprint density at radius 2 is 1.52 bits per heavy atom. The van der Waals surface area contributed by atoms with Crippen molar-refractivity contribution in [1.29, 1.82) is 0 Å². The molecule has 2 atom stereocenters. The zero-order chi connectivity index (χ0) is 15.7. The fourth-order valence-corrected chi connectivity index (χ4v) is 2.47. The van der Waals surface area contributed by atoms with Gasteiger partial charge >= 0.3 is 0 Å². The number of hydrogen-bond acceptors (Lipinski definition) is 4. The molecule has 0 heterocycles. The maximum Gasteiger partial charge on any atom is 0.127 e. The predicted octanol–water partition coefficient (Wildman–Crippen LogP) is 3.64. The van der Waals surface area contributed by atoms with Crippen LogP contribution in [0.15, 0.2) is 18.2 Å². The standard InChI is InChI=1S/C17H29NO3/c1-6-9-16(18-8-3)17(7-2)21-15-11-13(19-4)10-14(12-15)20-5/h10-12,16-18H,6-9H2,1-5H3. The van der Waals surface area contributed by atoms with E-state index in [0.29, 0.717) is 6.04 Å². The van der Waals surface area contributed by atoms with E-state index in [0.717, 1.165) is 43.1 Å². The molecule has 1 rings (SSSR count). The molecule has 1 N–H and O–H groups in total. The fourth-order valence-electron chi connectivity index (χ4n) is 2.47. The first-order valence-electron chi connectivity index (χ1n) is 7.81. The van der Waals surface area contributed by atoms with Crippen molar-refractivity contribution in [2.75, 3.05) is 20.8 Å². The molecule has 0 fully saturated rings. The number of nitrogens with one attached hydrogen (secondary N) is 1. The van der Waals surface area contributed by atoms with Gasteiger partial charge in [0.05, 0.1) is 14.2 Å². The van der Waals surface area contributed by atoms with Crippen LogP contribution in [-0.2, 0) is 0 Å². The predicted molar refractivity (Wildman–Crippen MR) is 86.6 cm³/mol. The summed E-state index contributed by atoms with van der Waals surface area (Å²) in [4.78, 5) is 0. The molecule has 0 aliphatic rings. The van der Waals surface area contributed by atoms with Gasteiger partial charge in [-0.25, -0.2) is 0 Å². The maximum absolute atomic E-state index is 6.19. The second kappa shape index (κ2) is 9.50. The molecular weight excluding hydrogens is 266 g/mol. The van der Waals surface area contributed by atoms with E-state index in [9.17, 15) is 0 Å². The molecule has 0 amide bonds. The molecule has 2 unspecified atom stereocenters. The molecule has 0 aliphatic carbocycles. The summed E-state index contributed by atoms with van der Waals surface area (Å²) in [6.45, 7) is 7.43. The highest BCUT2D eigenvalue weighted by atomic mass is 16.5. The van der Waals surface area contributed by atoms with Crippen LogP contribution in [-0.4, -0.2) is 32.9 Å². The van der Waals surface area contributed by atoms with Crippen molar-refractivity contribution in [2.24, 2.45) is 0 Å². The second-order valence-electron chi connectivity index (χ2n) is 5.07. The molecule has 4 nitrogen and oxygen atoms in total. The van der Waals surface area contributed by atoms with Crippen molar-refractivity contribution >= 4 is 0 Å². The summed E-state index contributed by atoms with van der Waals surface area (Å²) in [5, 5.41) is 3.52. The summed E-state index contributed by atoms with van der Waals surface area (Å²) in [5.41, 5.74) is 0. The van der Waals surface area contributed by atoms with Crippen molar-refractivity contribution in [3.8, 4) is 17.2 Å². The van der Waals surface area contributed by atoms with Crippen LogP contribution < -0.4 is 19.5 Å². The lowest BCUT2D eigenvalue weighted by Crippen LogP contribution is -2.42. The molecule has 21 heavy (non-hydrogen) atoms. The number of rotatable bonds is 10. The Bertz CT molecular complexity index is 381. The van der Waals surface area contributed by atoms with E-state index in [1.807, 2.05) is 18.2 Å². The third-order valence-corrected chi connectivity index (χ3v) is 3.53. The molecule has 0 bridgehead atoms. The van der Waals surface area contributed by atoms with Gasteiger partial charge < -0.3 is 19.5 Å². The summed E-state index contributed by atoms with van der Waals surface area (Å²) in [7, 11) is 3.29. The highest BCUT2D eigenvalue weighted by Gasteiger charge is 2.20. The summed E-state index contributed by atoms with van der Waals surface area (Å²) in [5.74, 6) is 2.28. The lowest BCUT2D eigenvalue weighted by molar-refractivity contribution is 0.142. The minimum Gasteiger partial charge on any atom is -0.496 e. The van der Waals surface area contributed by atoms with Crippen LogP contribution in [0.5, 0.6) is 17.2 Å². The van der Waals surface area contributed by atoms with E-state index in [4.69, 9.17) is 14.2 Å². The van der Waals surface area contributed by atoms with E-state index in [1.165, 1.54) is 0 Å². The van der Waals surface area contributed by atoms with Gasteiger partial charge in [-0.15, -0.1) is 0 Å². The first-order valence-corrected chi connectivity index (χ1v) is 7.81. The van der Waals surface area contributed by atoms with Gasteiger partial charge in [0.25, 0.3) is 0 Å². The lowest BCUT2D eigenvalue weighted by atomic mass is 10.0. The van der Waals surface area contributed by atoms with Crippen LogP contribution in [0.4, 0.5) is 0 Å². The van der Waals surface area contributed by atoms with Crippen molar-refractivity contribution in [3.05, 3.63) is 18.2 Å². The van der Waals surface area contributed by atoms with Crippen LogP contribution in [0.1, 0.15) is 40.0 Å². The van der Waals surface area contributed by atoms with Crippen LogP contribution in [0.3, 0.4) is 0 Å². The van der Waals surface area contributed by atoms with Gasteiger partial charge in [-0.05, 0) is 19.4 Å². The van der Waals surface area contributed by atoms with Gasteiger partial charge in [0, 0.05) is 24.2 Å². The fraction of sp³-hybridized carbons (Fsp3) is 0.647. The Labute approximate surface area is 128 Å². The number of benzene rings is 1. The molecule has 120 valence electrons. The average Bonchev–Trinajstić information content (AvgIpc) is 2.52. The van der Waals surface area contributed by atoms with E-state index < -0.39 is 0 Å². The van der Waals surface area contributed by atoms with Crippen LogP contribution >= 0.6 is 0 Å². The third kappa shape index (κ3) is 5.46. The Morgan fingerprint density at radius 1 is 0.952 bits per heavy atom. The number of methoxy groups -OCH3 is 2. The smallest absolute Gasteiger partial charge is 0.127 e. The molecule has 4 heteroatoms. The summed E-state index contributed by atoms with van der Waals surface area (Å²) >= 11 is 0. The van der Waals surface area contributed by atoms with Crippen molar-refractivity contribution in [2.45, 2.75) is 52.2 Å². The minimum absolute atomic E-state index is 0.140. The highest BCUT2D eigenvalue weighted by molar-refractivity contribution is 5.42. The van der Waals surface area contributed by atoms with Gasteiger partial charge in [0.15, 0.2) is 0 Å². The molecule has 0 spiro atoms. The normalized spacial score (nSPS) is 13.6. The van der Waals surface area contributed by atoms with E-state index in [1.54, 1.807) is 14.2 Å². The van der Waals surface area contributed by atoms with E-state index in [2.05, 4.69) is 26.1 Å². The maximum atomic E-state index is 6.19. The summed E-state index contributed by atoms with van der Waals surface area (Å²) in [6.07, 6.45) is 3.34. The van der Waals surface area contributed by atoms with Gasteiger partial charge in [-0.1, -0.05) is 27.2 Å². The van der Waals surface area contributed by atoms with Crippen LogP contribution in [0.2, 0.25) is 0 Å². The zero-order valence-electron chi connectivity index (χ0n) is 13.9. The molecular formula is C17H29NO3. The second-order valence-corrected chi connectivity index (χ2v) is 5.07. The lowest BCUT2D eigenvalue weighted by Gasteiger charge is -2.28. The third-order valence-electron chi connectivity index (χ3n) is 3.53. The Kier molecular flexibility index (Phi) is 7.98. The van der Waals surface area contributed by atoms with Gasteiger partial charge in [0.1, 0.15) is 23.4 Å². The zero-order valence-corrected chi connectivity index (χ0v) is 13.9. The topological polar surface area (TPSA) is 39.7 Å². The van der Waals surface area contributed by atoms with Crippen molar-refractivity contribution in [3.63, 3.8) is 0 Å². The number of likely N-dealkylation sites (N-methyl/N-ethyl adjacent to an activating group) is 1. The summed E-state index contributed by atoms with van der Waals surface area (Å²) in [6, 6.07) is 6.02. The first-order chi connectivity index (χ1) is 10.2. The van der Waals surface area contributed by atoms with E-state index >= 15 is 0 Å². The monoisotopic (exact) mass is 295 g/mol. The van der Waals surface area contributed by atoms with Gasteiger partial charge in [0.2, 0.25) is 0 Å². The number of hydrogen-bond donors (Lipinski definition) is 1. The average molecular weight is 295 g/mol. The molecule has 0 saturated heterocycles. The quantitative estimate of drug-likeness (QED) is 0.715. The molecule has 0 aliphatic heterocycles. The molecule has 1 aromatic rings. The largest absolute Gasteiger partial charge is 0.496 e. The SMILES string of the molecule is CCCC(NCC)C(CC)Oc1cc(OC)cc(OC)c1. The minimum atomic E-state index is 0.140. The molecule has 0 radical (unpaired) electrons. The van der Waals surface area contributed by atoms with Crippen molar-refractivity contribution in [1.82, 2.24) is 5.32 Å². The van der Waals surface area contributed by atoms with Gasteiger partial charge in [-0.2, -0.15) is 0 Å². The Hall–Kier alpha value is -1.42. The van der Waals surface area contributed by atoms with Crippen LogP contribution in [0.25, 0.3) is 0 Å². The van der Waals surface area contributed by atoms with E-state index in [-0.39, 0.29) is 6.10 Å². The molecule has 1 aromatic carbocycles. The Balaban J connectivity index is 2.88. The van der Waals surface area contributed by atoms with Crippen molar-refractivity contribution < 1.29 is 14.2 Å². The first kappa shape index (κ1) is 17.6. The molecule has 0 saturated carbocycles. The highest BCUT2D eigenvalue weighted by Crippen LogP contribution is 2.29. The summed E-state index contributed by atoms with van der Waals surface area (Å²) < 4.78 is 16.8.